The molecule has 0 aliphatic rings. The van der Waals surface area contributed by atoms with Crippen LogP contribution in [0.1, 0.15) is 18.7 Å². The predicted molar refractivity (Wildman–Crippen MR) is 157 cm³/mol. The highest BCUT2D eigenvalue weighted by molar-refractivity contribution is 6.36. The number of nitrogen functional groups attached to an aromatic ring is 1. The van der Waals surface area contributed by atoms with Crippen molar-refractivity contribution in [2.45, 2.75) is 13.0 Å². The predicted octanol–water partition coefficient (Wildman–Crippen LogP) is 5.70. The molecule has 39 heavy (non-hydrogen) atoms. The first-order chi connectivity index (χ1) is 18.9. The number of anilines is 2. The summed E-state index contributed by atoms with van der Waals surface area (Å²) in [5.41, 5.74) is 9.31. The van der Waals surface area contributed by atoms with Crippen LogP contribution in [0.2, 0.25) is 5.02 Å². The molecular formula is C30H23ClN6O2. The molecule has 0 saturated carbocycles. The lowest BCUT2D eigenvalue weighted by atomic mass is 9.97. The molecule has 8 nitrogen and oxygen atoms in total. The van der Waals surface area contributed by atoms with Crippen molar-refractivity contribution in [1.82, 2.24) is 19.5 Å². The Morgan fingerprint density at radius 1 is 0.923 bits per heavy atom. The fraction of sp³-hybridized carbons (Fsp3) is 0.0667. The van der Waals surface area contributed by atoms with Crippen molar-refractivity contribution in [3.63, 3.8) is 0 Å². The summed E-state index contributed by atoms with van der Waals surface area (Å²) in [6.45, 7) is 1.88. The number of pyridine rings is 2. The third kappa shape index (κ3) is 4.20. The Bertz CT molecular complexity index is 1960. The molecule has 6 aromatic rings. The number of nitrogens with zero attached hydrogens (tertiary/aromatic N) is 3. The second-order valence-corrected chi connectivity index (χ2v) is 9.56. The first-order valence-corrected chi connectivity index (χ1v) is 12.7. The minimum Gasteiger partial charge on any atom is -0.399 e. The zero-order chi connectivity index (χ0) is 27.1. The number of aromatic nitrogens is 4. The second-order valence-electron chi connectivity index (χ2n) is 9.18. The largest absolute Gasteiger partial charge is 0.399 e. The van der Waals surface area contributed by atoms with Gasteiger partial charge in [-0.15, -0.1) is 0 Å². The third-order valence-electron chi connectivity index (χ3n) is 6.73. The first kappa shape index (κ1) is 24.4. The Labute approximate surface area is 227 Å². The highest BCUT2D eigenvalue weighted by atomic mass is 35.5. The van der Waals surface area contributed by atoms with Gasteiger partial charge in [0.1, 0.15) is 23.2 Å². The zero-order valence-electron chi connectivity index (χ0n) is 20.9. The summed E-state index contributed by atoms with van der Waals surface area (Å²) in [6, 6.07) is 23.2. The van der Waals surface area contributed by atoms with Gasteiger partial charge >= 0.3 is 0 Å². The summed E-state index contributed by atoms with van der Waals surface area (Å²) in [4.78, 5) is 38.5. The third-order valence-corrected chi connectivity index (χ3v) is 7.13. The number of benzene rings is 3. The number of halogens is 1. The summed E-state index contributed by atoms with van der Waals surface area (Å²) in [5, 5.41) is 5.16. The highest BCUT2D eigenvalue weighted by Crippen LogP contribution is 2.36. The molecule has 0 aliphatic heterocycles. The van der Waals surface area contributed by atoms with Crippen LogP contribution in [0.25, 0.3) is 38.6 Å². The molecule has 0 amide bonds. The van der Waals surface area contributed by atoms with E-state index in [4.69, 9.17) is 17.3 Å². The lowest BCUT2D eigenvalue weighted by Crippen LogP contribution is -2.27. The number of hydrogen-bond acceptors (Lipinski definition) is 6. The van der Waals surface area contributed by atoms with Crippen LogP contribution >= 0.6 is 11.6 Å². The Morgan fingerprint density at radius 2 is 1.69 bits per heavy atom. The van der Waals surface area contributed by atoms with Crippen molar-refractivity contribution in [1.29, 1.82) is 0 Å². The van der Waals surface area contributed by atoms with E-state index in [1.165, 1.54) is 18.6 Å². The monoisotopic (exact) mass is 534 g/mol. The molecule has 0 bridgehead atoms. The minimum atomic E-state index is -0.521. The van der Waals surface area contributed by atoms with Crippen molar-refractivity contribution in [3.05, 3.63) is 123 Å². The average molecular weight is 535 g/mol. The van der Waals surface area contributed by atoms with E-state index in [2.05, 4.69) is 20.3 Å². The maximum atomic E-state index is 14.4. The van der Waals surface area contributed by atoms with Crippen molar-refractivity contribution < 1.29 is 0 Å². The molecule has 0 aliphatic carbocycles. The van der Waals surface area contributed by atoms with E-state index in [9.17, 15) is 9.59 Å². The van der Waals surface area contributed by atoms with E-state index in [1.807, 2.05) is 67.6 Å². The normalized spacial score (nSPS) is 12.1. The molecule has 4 N–H and O–H groups in total. The van der Waals surface area contributed by atoms with Gasteiger partial charge in [-0.1, -0.05) is 60.1 Å². The van der Waals surface area contributed by atoms with Crippen LogP contribution in [0.4, 0.5) is 11.5 Å². The molecule has 0 spiro atoms. The molecule has 0 radical (unpaired) electrons. The van der Waals surface area contributed by atoms with Crippen LogP contribution in [-0.4, -0.2) is 19.5 Å². The number of nitrogens with one attached hydrogen (secondary N) is 2. The number of para-hydroxylation sites is 1. The van der Waals surface area contributed by atoms with Gasteiger partial charge in [-0.05, 0) is 42.3 Å². The molecule has 3 heterocycles. The van der Waals surface area contributed by atoms with E-state index in [0.29, 0.717) is 49.7 Å². The maximum absolute atomic E-state index is 14.4. The molecule has 3 aromatic carbocycles. The van der Waals surface area contributed by atoms with Gasteiger partial charge in [-0.2, -0.15) is 0 Å². The lowest BCUT2D eigenvalue weighted by molar-refractivity contribution is 0.774. The Hall–Kier alpha value is -4.95. The molecule has 0 fully saturated rings. The van der Waals surface area contributed by atoms with Crippen LogP contribution in [0.5, 0.6) is 0 Å². The topological polar surface area (TPSA) is 119 Å². The van der Waals surface area contributed by atoms with Crippen molar-refractivity contribution in [2.75, 3.05) is 11.1 Å². The number of H-pyrrole nitrogens is 1. The molecule has 9 heteroatoms. The number of fused-ring (bicyclic) bond motifs is 2. The summed E-state index contributed by atoms with van der Waals surface area (Å²) in [5.74, 6) is 0.341. The van der Waals surface area contributed by atoms with E-state index in [-0.39, 0.29) is 11.0 Å². The number of nitrogens with two attached hydrogens (primary N) is 1. The van der Waals surface area contributed by atoms with Crippen LogP contribution in [0, 0.1) is 0 Å². The van der Waals surface area contributed by atoms with Crippen LogP contribution in [0.3, 0.4) is 0 Å². The van der Waals surface area contributed by atoms with Crippen LogP contribution in [0.15, 0.2) is 101 Å². The van der Waals surface area contributed by atoms with E-state index in [1.54, 1.807) is 16.7 Å². The molecule has 192 valence electrons. The Kier molecular flexibility index (Phi) is 6.09. The maximum Gasteiger partial charge on any atom is 0.263 e. The van der Waals surface area contributed by atoms with Gasteiger partial charge in [0.2, 0.25) is 0 Å². The molecule has 0 unspecified atom stereocenters. The SMILES string of the molecule is C[C@H](Nc1ncnc2[nH]ccc(=O)c12)c1c(Cl)c2cccc(-c3ccc(N)cc3)c2c(=O)n1-c1ccccc1. The van der Waals surface area contributed by atoms with Crippen LogP contribution in [-0.2, 0) is 0 Å². The Morgan fingerprint density at radius 3 is 2.46 bits per heavy atom. The summed E-state index contributed by atoms with van der Waals surface area (Å²) >= 11 is 7.14. The first-order valence-electron chi connectivity index (χ1n) is 12.3. The van der Waals surface area contributed by atoms with Gasteiger partial charge in [0.05, 0.1) is 22.1 Å². The van der Waals surface area contributed by atoms with E-state index < -0.39 is 6.04 Å². The smallest absolute Gasteiger partial charge is 0.263 e. The van der Waals surface area contributed by atoms with Gasteiger partial charge in [0.25, 0.3) is 5.56 Å². The van der Waals surface area contributed by atoms with E-state index in [0.717, 1.165) is 11.1 Å². The molecule has 1 atom stereocenters. The molecular weight excluding hydrogens is 512 g/mol. The molecule has 0 saturated heterocycles. The lowest BCUT2D eigenvalue weighted by Gasteiger charge is -2.24. The van der Waals surface area contributed by atoms with Gasteiger partial charge in [-0.3, -0.25) is 14.2 Å². The number of hydrogen-bond donors (Lipinski definition) is 3. The van der Waals surface area contributed by atoms with Gasteiger partial charge in [0, 0.05) is 29.0 Å². The Balaban J connectivity index is 1.62. The fourth-order valence-corrected chi connectivity index (χ4v) is 5.34. The molecule has 6 rings (SSSR count). The number of rotatable bonds is 5. The second kappa shape index (κ2) is 9.74. The van der Waals surface area contributed by atoms with E-state index >= 15 is 0 Å². The van der Waals surface area contributed by atoms with Crippen molar-refractivity contribution in [2.24, 2.45) is 0 Å². The molecule has 3 aromatic heterocycles. The van der Waals surface area contributed by atoms with Gasteiger partial charge in [0.15, 0.2) is 5.43 Å². The average Bonchev–Trinajstić information content (AvgIpc) is 2.95. The minimum absolute atomic E-state index is 0.220. The summed E-state index contributed by atoms with van der Waals surface area (Å²) < 4.78 is 1.62. The fourth-order valence-electron chi connectivity index (χ4n) is 4.93. The standard InChI is InChI=1S/C30H23ClN6O2/c1-17(36-29-25-23(38)14-15-33-28(25)34-16-35-29)27-26(31)22-9-5-8-21(18-10-12-19(32)13-11-18)24(22)30(39)37(27)20-6-3-2-4-7-20/h2-17H,32H2,1H3,(H2,33,34,35,36,38)/t17-/m0/s1. The number of aromatic amines is 1. The summed E-state index contributed by atoms with van der Waals surface area (Å²) in [6.07, 6.45) is 2.91. The highest BCUT2D eigenvalue weighted by Gasteiger charge is 2.24. The quantitative estimate of drug-likeness (QED) is 0.244. The summed E-state index contributed by atoms with van der Waals surface area (Å²) in [7, 11) is 0. The van der Waals surface area contributed by atoms with Crippen molar-refractivity contribution in [3.8, 4) is 16.8 Å². The van der Waals surface area contributed by atoms with Crippen molar-refractivity contribution >= 4 is 44.9 Å². The van der Waals surface area contributed by atoms with Crippen LogP contribution < -0.4 is 22.0 Å². The zero-order valence-corrected chi connectivity index (χ0v) is 21.6. The van der Waals surface area contributed by atoms with Gasteiger partial charge < -0.3 is 16.0 Å². The van der Waals surface area contributed by atoms with Gasteiger partial charge in [-0.25, -0.2) is 9.97 Å².